The zero-order valence-corrected chi connectivity index (χ0v) is 27.8. The lowest BCUT2D eigenvalue weighted by Crippen LogP contribution is -2.51. The summed E-state index contributed by atoms with van der Waals surface area (Å²) in [5, 5.41) is 10.4. The number of halogens is 3. The van der Waals surface area contributed by atoms with Gasteiger partial charge in [-0.3, -0.25) is 9.59 Å². The van der Waals surface area contributed by atoms with Crippen LogP contribution in [0.25, 0.3) is 0 Å². The van der Waals surface area contributed by atoms with E-state index in [2.05, 4.69) is 81.6 Å². The number of nitrogens with zero attached hydrogens (tertiary/aromatic N) is 1. The molecule has 0 radical (unpaired) electrons. The summed E-state index contributed by atoms with van der Waals surface area (Å²) in [5.41, 5.74) is 0.919. The maximum atomic E-state index is 11.8. The van der Waals surface area contributed by atoms with E-state index in [0.717, 1.165) is 42.4 Å². The maximum Gasteiger partial charge on any atom is 0.417 e. The molecule has 1 aliphatic heterocycles. The van der Waals surface area contributed by atoms with Crippen molar-refractivity contribution in [1.82, 2.24) is 4.90 Å². The molecule has 2 amide bonds. The number of alkyl halides is 3. The summed E-state index contributed by atoms with van der Waals surface area (Å²) in [4.78, 5) is 34.5. The molecule has 0 aromatic rings. The number of allylic oxidation sites excluding steroid dienone is 1. The lowest BCUT2D eigenvalue weighted by molar-refractivity contribution is -0.133. The quantitative estimate of drug-likeness (QED) is 0.214. The van der Waals surface area contributed by atoms with Crippen LogP contribution < -0.4 is 0 Å². The third-order valence-electron chi connectivity index (χ3n) is 9.35. The Morgan fingerprint density at radius 3 is 2.11 bits per heavy atom. The number of cyclic esters (lactones) is 1. The predicted octanol–water partition coefficient (Wildman–Crippen LogP) is 6.83. The molecule has 0 spiro atoms. The molecule has 4 aliphatic carbocycles. The van der Waals surface area contributed by atoms with Gasteiger partial charge in [0, 0.05) is 13.5 Å². The van der Waals surface area contributed by atoms with Crippen molar-refractivity contribution in [2.24, 2.45) is 28.6 Å². The largest absolute Gasteiger partial charge is 0.433 e. The van der Waals surface area contributed by atoms with E-state index < -0.39 is 11.7 Å². The highest BCUT2D eigenvalue weighted by Crippen LogP contribution is 2.65. The highest BCUT2D eigenvalue weighted by molar-refractivity contribution is 14.3. The zero-order valence-electron chi connectivity index (χ0n) is 21.3. The van der Waals surface area contributed by atoms with Crippen LogP contribution in [0.4, 0.5) is 4.79 Å². The predicted molar refractivity (Wildman–Crippen MR) is 162 cm³/mol. The number of hydrogen-bond acceptors (Lipinski definition) is 5. The van der Waals surface area contributed by atoms with Gasteiger partial charge in [-0.2, -0.15) is 0 Å². The van der Waals surface area contributed by atoms with Gasteiger partial charge in [-0.25, -0.2) is 9.69 Å². The molecule has 9 heteroatoms. The van der Waals surface area contributed by atoms with Crippen LogP contribution in [0.2, 0.25) is 0 Å². The number of hydrogen-bond donors (Lipinski definition) is 1. The van der Waals surface area contributed by atoms with Crippen LogP contribution in [0.5, 0.6) is 0 Å². The number of amides is 2. The van der Waals surface area contributed by atoms with Crippen LogP contribution in [0, 0.1) is 28.6 Å². The normalized spacial score (nSPS) is 39.3. The van der Waals surface area contributed by atoms with Crippen LogP contribution in [0.15, 0.2) is 11.6 Å². The van der Waals surface area contributed by atoms with Gasteiger partial charge in [0.25, 0.3) is 5.91 Å². The number of rotatable bonds is 0. The molecular weight excluding hydrogens is 787 g/mol. The Labute approximate surface area is 250 Å². The van der Waals surface area contributed by atoms with Gasteiger partial charge in [-0.1, -0.05) is 87.2 Å². The van der Waals surface area contributed by atoms with Crippen LogP contribution in [-0.4, -0.2) is 46.5 Å². The Balaban J connectivity index is 0.000000205. The van der Waals surface area contributed by atoms with Crippen molar-refractivity contribution >= 4 is 85.6 Å². The molecule has 0 unspecified atom stereocenters. The van der Waals surface area contributed by atoms with Gasteiger partial charge in [-0.05, 0) is 93.5 Å². The smallest absolute Gasteiger partial charge is 0.417 e. The lowest BCUT2D eigenvalue weighted by Gasteiger charge is -2.57. The van der Waals surface area contributed by atoms with Gasteiger partial charge < -0.3 is 9.84 Å². The fourth-order valence-electron chi connectivity index (χ4n) is 7.35. The molecule has 1 heterocycles. The fraction of sp³-hybridized carbons (Fsp3) is 0.808. The molecular formula is C26H38I3NO5. The summed E-state index contributed by atoms with van der Waals surface area (Å²) in [6.07, 6.45) is 10.1. The molecule has 0 bridgehead atoms. The van der Waals surface area contributed by atoms with Gasteiger partial charge >= 0.3 is 6.09 Å². The average Bonchev–Trinajstić information content (AvgIpc) is 3.16. The number of aliphatic hydroxyl groups excluding tert-OH is 1. The SMILES string of the molecule is CN1C(=O)OC(C)(C)C1=O.C[C@]12CC[C@H]3[C@@H](CCC4=CC(=O)CC[C@@]43C)[C@@H]1CC[C@@H]2O.IC(I)I. The number of carbonyl (C=O) groups excluding carboxylic acids is 3. The highest BCUT2D eigenvalue weighted by atomic mass is 127. The molecule has 3 saturated carbocycles. The van der Waals surface area contributed by atoms with Crippen molar-refractivity contribution in [3.05, 3.63) is 11.6 Å². The van der Waals surface area contributed by atoms with Gasteiger partial charge in [0.15, 0.2) is 11.4 Å². The van der Waals surface area contributed by atoms with E-state index in [-0.39, 0.29) is 22.8 Å². The standard InChI is InChI=1S/C19H28O2.C6H9NO3.CHI3/c1-18-9-7-13(20)11-12(18)3-4-14-15-5-6-17(21)19(15,2)10-8-16(14)18;1-6(2)4(8)7(3)5(9)10-6;2-1(3)4/h11,14-17,21H,3-10H2,1-2H3;1-3H3;1H/t14-,15-,16-,17-,18-,19-;;/m0../s1. The molecule has 6 atom stereocenters. The minimum absolute atomic E-state index is 0.0823. The van der Waals surface area contributed by atoms with Crippen LogP contribution >= 0.6 is 67.8 Å². The Morgan fingerprint density at radius 1 is 0.971 bits per heavy atom. The van der Waals surface area contributed by atoms with Gasteiger partial charge in [0.2, 0.25) is 0 Å². The summed E-state index contributed by atoms with van der Waals surface area (Å²) in [5.74, 6) is 2.28. The molecule has 0 aromatic heterocycles. The summed E-state index contributed by atoms with van der Waals surface area (Å²) in [7, 11) is 1.40. The monoisotopic (exact) mass is 825 g/mol. The second kappa shape index (κ2) is 11.3. The minimum atomic E-state index is -0.966. The number of ether oxygens (including phenoxy) is 1. The van der Waals surface area contributed by atoms with E-state index in [1.807, 2.05) is 6.08 Å². The van der Waals surface area contributed by atoms with E-state index in [1.165, 1.54) is 38.3 Å². The van der Waals surface area contributed by atoms with Crippen molar-refractivity contribution in [2.45, 2.75) is 90.7 Å². The summed E-state index contributed by atoms with van der Waals surface area (Å²) in [6, 6.07) is 0. The summed E-state index contributed by atoms with van der Waals surface area (Å²) in [6.45, 7) is 7.90. The Hall–Kier alpha value is 0.500. The number of fused-ring (bicyclic) bond motifs is 5. The van der Waals surface area contributed by atoms with Crippen molar-refractivity contribution < 1.29 is 24.2 Å². The second-order valence-electron chi connectivity index (χ2n) is 11.6. The van der Waals surface area contributed by atoms with Crippen molar-refractivity contribution in [2.75, 3.05) is 7.05 Å². The van der Waals surface area contributed by atoms with Crippen LogP contribution in [0.1, 0.15) is 79.1 Å². The minimum Gasteiger partial charge on any atom is -0.433 e. The van der Waals surface area contributed by atoms with Crippen LogP contribution in [0.3, 0.4) is 0 Å². The number of likely N-dealkylation sites (N-methyl/N-ethyl adjacent to an activating group) is 1. The number of imide groups is 1. The molecule has 35 heavy (non-hydrogen) atoms. The summed E-state index contributed by atoms with van der Waals surface area (Å²) >= 11 is 6.95. The summed E-state index contributed by atoms with van der Waals surface area (Å²) < 4.78 is 5.45. The molecule has 1 N–H and O–H groups in total. The van der Waals surface area contributed by atoms with E-state index in [0.29, 0.717) is 11.7 Å². The number of ketones is 1. The Kier molecular flexibility index (Phi) is 9.71. The fourth-order valence-corrected chi connectivity index (χ4v) is 7.35. The molecule has 1 saturated heterocycles. The van der Waals surface area contributed by atoms with Crippen LogP contribution in [-0.2, 0) is 14.3 Å². The first-order valence-corrected chi connectivity index (χ1v) is 16.2. The first kappa shape index (κ1) is 30.0. The Bertz CT molecular complexity index is 887. The van der Waals surface area contributed by atoms with Crippen molar-refractivity contribution in [3.8, 4) is 0 Å². The van der Waals surface area contributed by atoms with Gasteiger partial charge in [0.05, 0.1) is 6.10 Å². The van der Waals surface area contributed by atoms with E-state index >= 15 is 0 Å². The molecule has 198 valence electrons. The van der Waals surface area contributed by atoms with E-state index in [1.54, 1.807) is 13.8 Å². The highest BCUT2D eigenvalue weighted by Gasteiger charge is 2.58. The molecule has 0 aromatic carbocycles. The van der Waals surface area contributed by atoms with E-state index in [4.69, 9.17) is 4.74 Å². The molecule has 5 aliphatic rings. The molecule has 5 rings (SSSR count). The van der Waals surface area contributed by atoms with Gasteiger partial charge in [0.1, 0.15) is -0.0619 Å². The maximum absolute atomic E-state index is 11.8. The first-order chi connectivity index (χ1) is 16.1. The number of aliphatic hydroxyl groups is 1. The number of carbonyl (C=O) groups is 3. The van der Waals surface area contributed by atoms with Gasteiger partial charge in [-0.15, -0.1) is 0 Å². The average molecular weight is 825 g/mol. The lowest BCUT2D eigenvalue weighted by atomic mass is 9.47. The first-order valence-electron chi connectivity index (χ1n) is 12.5. The second-order valence-corrected chi connectivity index (χ2v) is 22.5. The topological polar surface area (TPSA) is 83.9 Å². The van der Waals surface area contributed by atoms with E-state index in [9.17, 15) is 19.5 Å². The van der Waals surface area contributed by atoms with Crippen molar-refractivity contribution in [3.63, 3.8) is 0 Å². The van der Waals surface area contributed by atoms with Crippen molar-refractivity contribution in [1.29, 1.82) is 0 Å². The molecule has 4 fully saturated rings. The third-order valence-corrected chi connectivity index (χ3v) is 9.35. The zero-order chi connectivity index (χ0) is 26.3. The third kappa shape index (κ3) is 6.07. The molecule has 6 nitrogen and oxygen atoms in total. The Morgan fingerprint density at radius 2 is 1.60 bits per heavy atom.